The Kier molecular flexibility index (Phi) is 6.40. The monoisotopic (exact) mass is 287 g/mol. The zero-order chi connectivity index (χ0) is 15.7. The largest absolute Gasteiger partial charge is 0.497 e. The van der Waals surface area contributed by atoms with Gasteiger partial charge >= 0.3 is 0 Å². The molecule has 0 saturated heterocycles. The standard InChI is InChI=1S/C8H8O2.C7H9N3O/c1-10-8-4-2-3-7(5-8)6-9;1-9-6-4-10-3-2-5(6)7(8)11/h2-6H,1H3;2-4,9H,1H3,(H2,8,11). The van der Waals surface area contributed by atoms with Gasteiger partial charge in [0.2, 0.25) is 0 Å². The third-order valence-corrected chi connectivity index (χ3v) is 2.59. The number of pyridine rings is 1. The van der Waals surface area contributed by atoms with Crippen molar-refractivity contribution in [3.63, 3.8) is 0 Å². The number of aldehydes is 1. The highest BCUT2D eigenvalue weighted by atomic mass is 16.5. The van der Waals surface area contributed by atoms with Crippen LogP contribution in [0.25, 0.3) is 0 Å². The van der Waals surface area contributed by atoms with Gasteiger partial charge in [-0.05, 0) is 18.2 Å². The summed E-state index contributed by atoms with van der Waals surface area (Å²) in [6, 6.07) is 8.58. The third kappa shape index (κ3) is 4.94. The quantitative estimate of drug-likeness (QED) is 0.835. The predicted octanol–water partition coefficient (Wildman–Crippen LogP) is 1.73. The first-order valence-electron chi connectivity index (χ1n) is 6.13. The molecule has 1 heterocycles. The Balaban J connectivity index is 0.000000211. The number of benzene rings is 1. The van der Waals surface area contributed by atoms with Gasteiger partial charge in [0.05, 0.1) is 24.6 Å². The number of rotatable bonds is 4. The molecular weight excluding hydrogens is 270 g/mol. The van der Waals surface area contributed by atoms with Crippen LogP contribution in [0.1, 0.15) is 20.7 Å². The topological polar surface area (TPSA) is 94.3 Å². The molecule has 0 aliphatic rings. The van der Waals surface area contributed by atoms with Gasteiger partial charge in [-0.2, -0.15) is 0 Å². The summed E-state index contributed by atoms with van der Waals surface area (Å²) in [5.74, 6) is 0.265. The van der Waals surface area contributed by atoms with Crippen molar-refractivity contribution in [2.75, 3.05) is 19.5 Å². The van der Waals surface area contributed by atoms with Crippen molar-refractivity contribution in [1.29, 1.82) is 0 Å². The van der Waals surface area contributed by atoms with E-state index < -0.39 is 5.91 Å². The SMILES string of the molecule is CNc1cnccc1C(N)=O.COc1cccc(C=O)c1. The van der Waals surface area contributed by atoms with E-state index in [9.17, 15) is 9.59 Å². The average molecular weight is 287 g/mol. The van der Waals surface area contributed by atoms with E-state index in [0.717, 1.165) is 6.29 Å². The molecule has 1 aromatic heterocycles. The Morgan fingerprint density at radius 1 is 1.38 bits per heavy atom. The van der Waals surface area contributed by atoms with Gasteiger partial charge in [0, 0.05) is 18.8 Å². The first kappa shape index (κ1) is 16.2. The van der Waals surface area contributed by atoms with Crippen LogP contribution in [0.15, 0.2) is 42.7 Å². The minimum atomic E-state index is -0.447. The van der Waals surface area contributed by atoms with Gasteiger partial charge < -0.3 is 15.8 Å². The molecule has 0 fully saturated rings. The molecule has 2 rings (SSSR count). The van der Waals surface area contributed by atoms with Gasteiger partial charge in [-0.3, -0.25) is 14.6 Å². The number of amides is 1. The molecule has 1 aromatic carbocycles. The Bertz CT molecular complexity index is 615. The molecule has 0 bridgehead atoms. The number of primary amides is 1. The van der Waals surface area contributed by atoms with E-state index in [1.165, 1.54) is 6.20 Å². The lowest BCUT2D eigenvalue weighted by atomic mass is 10.2. The van der Waals surface area contributed by atoms with Crippen LogP contribution >= 0.6 is 0 Å². The minimum absolute atomic E-state index is 0.447. The molecule has 6 heteroatoms. The number of methoxy groups -OCH3 is 1. The summed E-state index contributed by atoms with van der Waals surface area (Å²) in [6.07, 6.45) is 3.88. The van der Waals surface area contributed by atoms with Gasteiger partial charge in [0.25, 0.3) is 5.91 Å². The number of carbonyl (C=O) groups excluding carboxylic acids is 2. The average Bonchev–Trinajstić information content (AvgIpc) is 2.55. The molecule has 0 radical (unpaired) electrons. The van der Waals surface area contributed by atoms with Crippen LogP contribution in [-0.2, 0) is 0 Å². The second-order valence-electron chi connectivity index (χ2n) is 3.93. The van der Waals surface area contributed by atoms with Crippen molar-refractivity contribution >= 4 is 17.9 Å². The van der Waals surface area contributed by atoms with Crippen molar-refractivity contribution in [3.8, 4) is 5.75 Å². The van der Waals surface area contributed by atoms with E-state index in [1.54, 1.807) is 50.7 Å². The third-order valence-electron chi connectivity index (χ3n) is 2.59. The highest BCUT2D eigenvalue weighted by molar-refractivity contribution is 5.98. The maximum atomic E-state index is 10.7. The van der Waals surface area contributed by atoms with Gasteiger partial charge in [-0.15, -0.1) is 0 Å². The van der Waals surface area contributed by atoms with E-state index in [2.05, 4.69) is 10.3 Å². The fourth-order valence-corrected chi connectivity index (χ4v) is 1.52. The number of hydrogen-bond acceptors (Lipinski definition) is 5. The van der Waals surface area contributed by atoms with Gasteiger partial charge in [0.15, 0.2) is 0 Å². The zero-order valence-electron chi connectivity index (χ0n) is 11.9. The molecule has 0 unspecified atom stereocenters. The number of hydrogen-bond donors (Lipinski definition) is 2. The van der Waals surface area contributed by atoms with E-state index in [4.69, 9.17) is 10.5 Å². The molecule has 0 aliphatic heterocycles. The van der Waals surface area contributed by atoms with Crippen LogP contribution in [-0.4, -0.2) is 31.3 Å². The van der Waals surface area contributed by atoms with Crippen molar-refractivity contribution < 1.29 is 14.3 Å². The van der Waals surface area contributed by atoms with Crippen molar-refractivity contribution in [2.45, 2.75) is 0 Å². The fraction of sp³-hybridized carbons (Fsp3) is 0.133. The van der Waals surface area contributed by atoms with Gasteiger partial charge in [-0.25, -0.2) is 0 Å². The van der Waals surface area contributed by atoms with Crippen LogP contribution in [0, 0.1) is 0 Å². The molecule has 1 amide bonds. The summed E-state index contributed by atoms with van der Waals surface area (Å²) in [5, 5.41) is 2.81. The van der Waals surface area contributed by atoms with Crippen molar-refractivity contribution in [3.05, 3.63) is 53.9 Å². The summed E-state index contributed by atoms with van der Waals surface area (Å²) in [4.78, 5) is 24.8. The molecule has 3 N–H and O–H groups in total. The lowest BCUT2D eigenvalue weighted by Crippen LogP contribution is -2.13. The summed E-state index contributed by atoms with van der Waals surface area (Å²) in [7, 11) is 3.29. The molecule has 0 saturated carbocycles. The van der Waals surface area contributed by atoms with E-state index >= 15 is 0 Å². The number of anilines is 1. The maximum Gasteiger partial charge on any atom is 0.250 e. The summed E-state index contributed by atoms with van der Waals surface area (Å²) >= 11 is 0. The normalized spacial score (nSPS) is 9.05. The highest BCUT2D eigenvalue weighted by Crippen LogP contribution is 2.11. The predicted molar refractivity (Wildman–Crippen MR) is 80.7 cm³/mol. The van der Waals surface area contributed by atoms with Crippen LogP contribution in [0.3, 0.4) is 0 Å². The van der Waals surface area contributed by atoms with Crippen LogP contribution in [0.4, 0.5) is 5.69 Å². The van der Waals surface area contributed by atoms with Gasteiger partial charge in [0.1, 0.15) is 12.0 Å². The van der Waals surface area contributed by atoms with E-state index in [-0.39, 0.29) is 0 Å². The smallest absolute Gasteiger partial charge is 0.250 e. The molecule has 0 atom stereocenters. The lowest BCUT2D eigenvalue weighted by molar-refractivity contribution is 0.100. The Hall–Kier alpha value is -2.89. The molecule has 6 nitrogen and oxygen atoms in total. The fourth-order valence-electron chi connectivity index (χ4n) is 1.52. The van der Waals surface area contributed by atoms with Crippen LogP contribution in [0.5, 0.6) is 5.75 Å². The van der Waals surface area contributed by atoms with Crippen LogP contribution in [0.2, 0.25) is 0 Å². The Morgan fingerprint density at radius 2 is 2.14 bits per heavy atom. The Labute approximate surface area is 123 Å². The van der Waals surface area contributed by atoms with Gasteiger partial charge in [-0.1, -0.05) is 12.1 Å². The second kappa shape index (κ2) is 8.31. The number of nitrogens with one attached hydrogen (secondary N) is 1. The van der Waals surface area contributed by atoms with Crippen molar-refractivity contribution in [1.82, 2.24) is 4.98 Å². The second-order valence-corrected chi connectivity index (χ2v) is 3.93. The molecule has 2 aromatic rings. The minimum Gasteiger partial charge on any atom is -0.497 e. The molecule has 0 spiro atoms. The molecule has 110 valence electrons. The summed E-state index contributed by atoms with van der Waals surface area (Å²) in [6.45, 7) is 0. The number of ether oxygens (including phenoxy) is 1. The number of nitrogens with zero attached hydrogens (tertiary/aromatic N) is 1. The maximum absolute atomic E-state index is 10.7. The first-order valence-corrected chi connectivity index (χ1v) is 6.13. The molecule has 0 aliphatic carbocycles. The number of nitrogens with two attached hydrogens (primary N) is 1. The van der Waals surface area contributed by atoms with Crippen molar-refractivity contribution in [2.24, 2.45) is 5.73 Å². The van der Waals surface area contributed by atoms with E-state index in [1.807, 2.05) is 0 Å². The highest BCUT2D eigenvalue weighted by Gasteiger charge is 2.04. The van der Waals surface area contributed by atoms with E-state index in [0.29, 0.717) is 22.6 Å². The summed E-state index contributed by atoms with van der Waals surface area (Å²) < 4.78 is 4.90. The number of aromatic nitrogens is 1. The molecule has 21 heavy (non-hydrogen) atoms. The molecular formula is C15H17N3O3. The number of carbonyl (C=O) groups is 2. The first-order chi connectivity index (χ1) is 10.1. The summed E-state index contributed by atoms with van der Waals surface area (Å²) in [5.41, 5.74) is 6.84. The Morgan fingerprint density at radius 3 is 2.67 bits per heavy atom. The lowest BCUT2D eigenvalue weighted by Gasteiger charge is -2.02. The zero-order valence-corrected chi connectivity index (χ0v) is 11.9. The van der Waals surface area contributed by atoms with Crippen LogP contribution < -0.4 is 15.8 Å².